The molecule has 1 saturated heterocycles. The molecule has 5 heteroatoms. The topological polar surface area (TPSA) is 49.4 Å². The number of aryl methyl sites for hydroxylation is 1. The first-order valence-electron chi connectivity index (χ1n) is 9.33. The minimum absolute atomic E-state index is 0.0578. The number of hydrogen-bond donors (Lipinski definition) is 1. The van der Waals surface area contributed by atoms with E-state index in [0.29, 0.717) is 0 Å². The van der Waals surface area contributed by atoms with Gasteiger partial charge in [0.05, 0.1) is 4.88 Å². The van der Waals surface area contributed by atoms with E-state index in [4.69, 9.17) is 0 Å². The summed E-state index contributed by atoms with van der Waals surface area (Å²) in [6.07, 6.45) is 6.81. The van der Waals surface area contributed by atoms with Crippen molar-refractivity contribution in [2.45, 2.75) is 64.8 Å². The molecule has 1 N–H and O–H groups in total. The van der Waals surface area contributed by atoms with Crippen LogP contribution in [0.3, 0.4) is 0 Å². The van der Waals surface area contributed by atoms with E-state index in [-0.39, 0.29) is 23.8 Å². The van der Waals surface area contributed by atoms with Crippen LogP contribution in [0.2, 0.25) is 0 Å². The lowest BCUT2D eigenvalue weighted by Crippen LogP contribution is -2.40. The van der Waals surface area contributed by atoms with Gasteiger partial charge in [0, 0.05) is 29.9 Å². The van der Waals surface area contributed by atoms with Crippen LogP contribution in [-0.2, 0) is 17.6 Å². The highest BCUT2D eigenvalue weighted by Crippen LogP contribution is 2.33. The molecule has 2 heterocycles. The Morgan fingerprint density at radius 3 is 2.67 bits per heavy atom. The molecule has 1 aromatic heterocycles. The normalized spacial score (nSPS) is 20.3. The first-order valence-corrected chi connectivity index (χ1v) is 10.1. The highest BCUT2D eigenvalue weighted by Gasteiger charge is 2.29. The van der Waals surface area contributed by atoms with Crippen molar-refractivity contribution in [3.05, 3.63) is 21.4 Å². The van der Waals surface area contributed by atoms with Gasteiger partial charge in [-0.15, -0.1) is 11.3 Å². The third-order valence-corrected chi connectivity index (χ3v) is 6.61. The SMILES string of the molecule is CCC(CC)NC(=O)[C@@H]1CCc2sc(C(=O)N3CCCC3)cc2C1. The highest BCUT2D eigenvalue weighted by atomic mass is 32.1. The molecule has 1 aliphatic carbocycles. The summed E-state index contributed by atoms with van der Waals surface area (Å²) in [5.74, 6) is 0.431. The number of thiophene rings is 1. The molecular weight excluding hydrogens is 320 g/mol. The molecule has 4 nitrogen and oxygen atoms in total. The molecule has 132 valence electrons. The Balaban J connectivity index is 1.65. The lowest BCUT2D eigenvalue weighted by atomic mass is 9.87. The van der Waals surface area contributed by atoms with Crippen molar-refractivity contribution in [2.24, 2.45) is 5.92 Å². The van der Waals surface area contributed by atoms with Crippen LogP contribution in [0.25, 0.3) is 0 Å². The summed E-state index contributed by atoms with van der Waals surface area (Å²) in [5.41, 5.74) is 1.22. The van der Waals surface area contributed by atoms with Crippen LogP contribution in [0.15, 0.2) is 6.07 Å². The number of rotatable bonds is 5. The number of carbonyl (C=O) groups excluding carboxylic acids is 2. The van der Waals surface area contributed by atoms with Crippen molar-refractivity contribution in [1.29, 1.82) is 0 Å². The van der Waals surface area contributed by atoms with Crippen molar-refractivity contribution in [3.63, 3.8) is 0 Å². The number of likely N-dealkylation sites (tertiary alicyclic amines) is 1. The van der Waals surface area contributed by atoms with Crippen molar-refractivity contribution in [2.75, 3.05) is 13.1 Å². The standard InChI is InChI=1S/C19H28N2O2S/c1-3-15(4-2)20-18(22)13-7-8-16-14(11-13)12-17(24-16)19(23)21-9-5-6-10-21/h12-13,15H,3-11H2,1-2H3,(H,20,22)/t13-/m1/s1. The summed E-state index contributed by atoms with van der Waals surface area (Å²) in [6, 6.07) is 2.34. The molecule has 0 bridgehead atoms. The minimum Gasteiger partial charge on any atom is -0.353 e. The second-order valence-corrected chi connectivity index (χ2v) is 8.16. The lowest BCUT2D eigenvalue weighted by Gasteiger charge is -2.24. The van der Waals surface area contributed by atoms with Crippen LogP contribution in [-0.4, -0.2) is 35.8 Å². The Bertz CT molecular complexity index is 601. The van der Waals surface area contributed by atoms with Crippen molar-refractivity contribution in [1.82, 2.24) is 10.2 Å². The number of fused-ring (bicyclic) bond motifs is 1. The predicted molar refractivity (Wildman–Crippen MR) is 97.5 cm³/mol. The molecule has 2 aliphatic rings. The average Bonchev–Trinajstić information content (AvgIpc) is 3.27. The average molecular weight is 349 g/mol. The van der Waals surface area contributed by atoms with Crippen LogP contribution >= 0.6 is 11.3 Å². The third kappa shape index (κ3) is 3.66. The van der Waals surface area contributed by atoms with E-state index < -0.39 is 0 Å². The zero-order chi connectivity index (χ0) is 17.1. The number of nitrogens with zero attached hydrogens (tertiary/aromatic N) is 1. The Morgan fingerprint density at radius 2 is 2.00 bits per heavy atom. The maximum Gasteiger partial charge on any atom is 0.263 e. The summed E-state index contributed by atoms with van der Waals surface area (Å²) < 4.78 is 0. The Labute approximate surface area is 148 Å². The van der Waals surface area contributed by atoms with Gasteiger partial charge in [0.15, 0.2) is 0 Å². The first kappa shape index (κ1) is 17.5. The molecule has 24 heavy (non-hydrogen) atoms. The van der Waals surface area contributed by atoms with Crippen LogP contribution in [0, 0.1) is 5.92 Å². The second-order valence-electron chi connectivity index (χ2n) is 7.02. The summed E-state index contributed by atoms with van der Waals surface area (Å²) >= 11 is 1.64. The van der Waals surface area contributed by atoms with E-state index in [2.05, 4.69) is 25.2 Å². The van der Waals surface area contributed by atoms with Crippen molar-refractivity contribution in [3.8, 4) is 0 Å². The van der Waals surface area contributed by atoms with Crippen LogP contribution in [0.4, 0.5) is 0 Å². The molecule has 3 rings (SSSR count). The van der Waals surface area contributed by atoms with Gasteiger partial charge in [-0.25, -0.2) is 0 Å². The highest BCUT2D eigenvalue weighted by molar-refractivity contribution is 7.14. The van der Waals surface area contributed by atoms with Gasteiger partial charge in [-0.2, -0.15) is 0 Å². The van der Waals surface area contributed by atoms with Gasteiger partial charge in [0.25, 0.3) is 5.91 Å². The summed E-state index contributed by atoms with van der Waals surface area (Å²) in [7, 11) is 0. The van der Waals surface area contributed by atoms with Gasteiger partial charge in [-0.3, -0.25) is 9.59 Å². The molecule has 2 amide bonds. The van der Waals surface area contributed by atoms with Crippen LogP contribution in [0.1, 0.15) is 66.1 Å². The number of nitrogens with one attached hydrogen (secondary N) is 1. The van der Waals surface area contributed by atoms with E-state index in [1.807, 2.05) is 4.90 Å². The smallest absolute Gasteiger partial charge is 0.263 e. The summed E-state index contributed by atoms with van der Waals surface area (Å²) in [6.45, 7) is 6.01. The van der Waals surface area contributed by atoms with Crippen molar-refractivity contribution >= 4 is 23.2 Å². The summed E-state index contributed by atoms with van der Waals surface area (Å²) in [4.78, 5) is 29.2. The maximum atomic E-state index is 12.6. The molecular formula is C19H28N2O2S. The molecule has 1 aliphatic heterocycles. The van der Waals surface area contributed by atoms with Gasteiger partial charge in [0.1, 0.15) is 0 Å². The van der Waals surface area contributed by atoms with E-state index in [9.17, 15) is 9.59 Å². The molecule has 0 unspecified atom stereocenters. The zero-order valence-corrected chi connectivity index (χ0v) is 15.6. The fourth-order valence-corrected chi connectivity index (χ4v) is 4.92. The van der Waals surface area contributed by atoms with Gasteiger partial charge in [-0.1, -0.05) is 13.8 Å². The molecule has 0 aromatic carbocycles. The van der Waals surface area contributed by atoms with Gasteiger partial charge < -0.3 is 10.2 Å². The van der Waals surface area contributed by atoms with E-state index in [0.717, 1.165) is 62.9 Å². The van der Waals surface area contributed by atoms with Crippen LogP contribution < -0.4 is 5.32 Å². The van der Waals surface area contributed by atoms with Gasteiger partial charge in [0.2, 0.25) is 5.91 Å². The number of hydrogen-bond acceptors (Lipinski definition) is 3. The molecule has 1 atom stereocenters. The largest absolute Gasteiger partial charge is 0.353 e. The van der Waals surface area contributed by atoms with Crippen LogP contribution in [0.5, 0.6) is 0 Å². The predicted octanol–water partition coefficient (Wildman–Crippen LogP) is 3.39. The van der Waals surface area contributed by atoms with E-state index in [1.165, 1.54) is 10.4 Å². The molecule has 1 aromatic rings. The Kier molecular flexibility index (Phi) is 5.59. The molecule has 0 radical (unpaired) electrons. The molecule has 0 spiro atoms. The monoisotopic (exact) mass is 348 g/mol. The van der Waals surface area contributed by atoms with Gasteiger partial charge in [-0.05, 0) is 56.6 Å². The van der Waals surface area contributed by atoms with E-state index in [1.54, 1.807) is 11.3 Å². The maximum absolute atomic E-state index is 12.6. The first-order chi connectivity index (χ1) is 11.6. The fraction of sp³-hybridized carbons (Fsp3) is 0.684. The number of carbonyl (C=O) groups is 2. The van der Waals surface area contributed by atoms with E-state index >= 15 is 0 Å². The fourth-order valence-electron chi connectivity index (χ4n) is 3.74. The van der Waals surface area contributed by atoms with Gasteiger partial charge >= 0.3 is 0 Å². The minimum atomic E-state index is 0.0578. The molecule has 0 saturated carbocycles. The lowest BCUT2D eigenvalue weighted by molar-refractivity contribution is -0.126. The third-order valence-electron chi connectivity index (χ3n) is 5.39. The summed E-state index contributed by atoms with van der Waals surface area (Å²) in [5, 5.41) is 3.18. The number of amides is 2. The quantitative estimate of drug-likeness (QED) is 0.887. The van der Waals surface area contributed by atoms with Crippen molar-refractivity contribution < 1.29 is 9.59 Å². The Morgan fingerprint density at radius 1 is 1.29 bits per heavy atom. The second kappa shape index (κ2) is 7.68. The Hall–Kier alpha value is -1.36. The zero-order valence-electron chi connectivity index (χ0n) is 14.8. The molecule has 1 fully saturated rings.